The molecule has 0 aromatic heterocycles. The molecule has 4 nitrogen and oxygen atoms in total. The molecule has 2 aromatic rings. The van der Waals surface area contributed by atoms with Crippen molar-refractivity contribution >= 4 is 27.3 Å². The van der Waals surface area contributed by atoms with Gasteiger partial charge in [0.25, 0.3) is 0 Å². The molecule has 0 unspecified atom stereocenters. The van der Waals surface area contributed by atoms with Crippen molar-refractivity contribution in [3.63, 3.8) is 0 Å². The first-order chi connectivity index (χ1) is 9.87. The zero-order valence-electron chi connectivity index (χ0n) is 11.5. The van der Waals surface area contributed by atoms with Crippen molar-refractivity contribution in [2.45, 2.75) is 13.3 Å². The maximum absolute atomic E-state index is 12.1. The van der Waals surface area contributed by atoms with Gasteiger partial charge in [0.2, 0.25) is 10.0 Å². The highest BCUT2D eigenvalue weighted by molar-refractivity contribution is 7.92. The fourth-order valence-electron chi connectivity index (χ4n) is 1.93. The van der Waals surface area contributed by atoms with Crippen LogP contribution in [0.3, 0.4) is 0 Å². The van der Waals surface area contributed by atoms with E-state index in [1.165, 1.54) is 6.07 Å². The number of hydrogen-bond acceptors (Lipinski definition) is 3. The Balaban J connectivity index is 2.11. The van der Waals surface area contributed by atoms with Gasteiger partial charge in [-0.3, -0.25) is 4.72 Å². The van der Waals surface area contributed by atoms with E-state index in [4.69, 9.17) is 11.6 Å². The van der Waals surface area contributed by atoms with E-state index in [9.17, 15) is 13.5 Å². The fourth-order valence-corrected chi connectivity index (χ4v) is 3.30. The number of sulfonamides is 1. The van der Waals surface area contributed by atoms with Crippen LogP contribution in [0.25, 0.3) is 0 Å². The van der Waals surface area contributed by atoms with Gasteiger partial charge in [-0.2, -0.15) is 0 Å². The predicted molar refractivity (Wildman–Crippen MR) is 85.4 cm³/mol. The van der Waals surface area contributed by atoms with Crippen molar-refractivity contribution < 1.29 is 13.5 Å². The third-order valence-electron chi connectivity index (χ3n) is 3.03. The summed E-state index contributed by atoms with van der Waals surface area (Å²) in [5, 5.41) is 10.3. The molecule has 0 bridgehead atoms. The van der Waals surface area contributed by atoms with Crippen LogP contribution in [-0.4, -0.2) is 19.3 Å². The van der Waals surface area contributed by atoms with Gasteiger partial charge in [0, 0.05) is 5.02 Å². The van der Waals surface area contributed by atoms with Crippen molar-refractivity contribution in [3.8, 4) is 5.75 Å². The van der Waals surface area contributed by atoms with E-state index in [0.717, 1.165) is 5.56 Å². The molecule has 0 aliphatic rings. The topological polar surface area (TPSA) is 66.4 Å². The Morgan fingerprint density at radius 3 is 2.52 bits per heavy atom. The Morgan fingerprint density at radius 1 is 1.19 bits per heavy atom. The highest BCUT2D eigenvalue weighted by atomic mass is 35.5. The monoisotopic (exact) mass is 325 g/mol. The standard InChI is InChI=1S/C15H16ClNO3S/c1-11-9-13(16)10-14(15(11)18)17-21(19,20)8-7-12-5-3-2-4-6-12/h2-6,9-10,17-18H,7-8H2,1H3. The lowest BCUT2D eigenvalue weighted by Crippen LogP contribution is -2.18. The largest absolute Gasteiger partial charge is 0.505 e. The number of aromatic hydroxyl groups is 1. The van der Waals surface area contributed by atoms with Crippen molar-refractivity contribution in [3.05, 3.63) is 58.6 Å². The van der Waals surface area contributed by atoms with Crippen LogP contribution in [0.2, 0.25) is 5.02 Å². The van der Waals surface area contributed by atoms with Crippen LogP contribution >= 0.6 is 11.6 Å². The first-order valence-corrected chi connectivity index (χ1v) is 8.44. The van der Waals surface area contributed by atoms with Gasteiger partial charge in [-0.05, 0) is 36.6 Å². The molecule has 0 radical (unpaired) electrons. The number of anilines is 1. The number of benzene rings is 2. The summed E-state index contributed by atoms with van der Waals surface area (Å²) in [7, 11) is -3.56. The Labute approximate surface area is 129 Å². The molecule has 21 heavy (non-hydrogen) atoms. The number of nitrogens with one attached hydrogen (secondary N) is 1. The van der Waals surface area contributed by atoms with Gasteiger partial charge in [-0.1, -0.05) is 41.9 Å². The minimum atomic E-state index is -3.56. The van der Waals surface area contributed by atoms with Crippen LogP contribution in [0, 0.1) is 6.92 Å². The molecular formula is C15H16ClNO3S. The molecule has 0 amide bonds. The normalized spacial score (nSPS) is 11.3. The molecule has 6 heteroatoms. The van der Waals surface area contributed by atoms with Crippen LogP contribution in [0.1, 0.15) is 11.1 Å². The predicted octanol–water partition coefficient (Wildman–Crippen LogP) is 3.34. The quantitative estimate of drug-likeness (QED) is 0.829. The molecule has 0 atom stereocenters. The van der Waals surface area contributed by atoms with E-state index < -0.39 is 10.0 Å². The lowest BCUT2D eigenvalue weighted by Gasteiger charge is -2.11. The smallest absolute Gasteiger partial charge is 0.233 e. The molecule has 0 aliphatic heterocycles. The highest BCUT2D eigenvalue weighted by Gasteiger charge is 2.15. The van der Waals surface area contributed by atoms with Gasteiger partial charge in [0.05, 0.1) is 11.4 Å². The maximum Gasteiger partial charge on any atom is 0.233 e. The van der Waals surface area contributed by atoms with E-state index in [0.29, 0.717) is 17.0 Å². The molecule has 0 fully saturated rings. The second-order valence-corrected chi connectivity index (χ2v) is 7.05. The summed E-state index contributed by atoms with van der Waals surface area (Å²) in [6, 6.07) is 12.3. The van der Waals surface area contributed by atoms with Crippen LogP contribution in [-0.2, 0) is 16.4 Å². The summed E-state index contributed by atoms with van der Waals surface area (Å²) < 4.78 is 26.5. The molecule has 0 aliphatic carbocycles. The summed E-state index contributed by atoms with van der Waals surface area (Å²) in [6.07, 6.45) is 0.399. The summed E-state index contributed by atoms with van der Waals surface area (Å²) in [5.74, 6) is -0.176. The molecule has 2 aromatic carbocycles. The third-order valence-corrected chi connectivity index (χ3v) is 4.52. The Morgan fingerprint density at radius 2 is 1.86 bits per heavy atom. The third kappa shape index (κ3) is 4.37. The van der Waals surface area contributed by atoms with E-state index in [1.807, 2.05) is 30.3 Å². The van der Waals surface area contributed by atoms with E-state index in [-0.39, 0.29) is 17.2 Å². The van der Waals surface area contributed by atoms with E-state index >= 15 is 0 Å². The van der Waals surface area contributed by atoms with Gasteiger partial charge < -0.3 is 5.11 Å². The summed E-state index contributed by atoms with van der Waals surface area (Å²) in [5.41, 5.74) is 1.56. The van der Waals surface area contributed by atoms with Crippen molar-refractivity contribution in [1.82, 2.24) is 0 Å². The minimum Gasteiger partial charge on any atom is -0.505 e. The lowest BCUT2D eigenvalue weighted by atomic mass is 10.2. The maximum atomic E-state index is 12.1. The average molecular weight is 326 g/mol. The molecule has 2 N–H and O–H groups in total. The SMILES string of the molecule is Cc1cc(Cl)cc(NS(=O)(=O)CCc2ccccc2)c1O. The second-order valence-electron chi connectivity index (χ2n) is 4.78. The minimum absolute atomic E-state index is 0.0674. The van der Waals surface area contributed by atoms with Gasteiger partial charge in [-0.25, -0.2) is 8.42 Å². The fraction of sp³-hybridized carbons (Fsp3) is 0.200. The lowest BCUT2D eigenvalue weighted by molar-refractivity contribution is 0.473. The molecule has 0 saturated carbocycles. The van der Waals surface area contributed by atoms with Gasteiger partial charge >= 0.3 is 0 Å². The van der Waals surface area contributed by atoms with Gasteiger partial charge in [0.1, 0.15) is 5.75 Å². The Kier molecular flexibility index (Phi) is 4.75. The number of aryl methyl sites for hydroxylation is 2. The zero-order chi connectivity index (χ0) is 15.5. The van der Waals surface area contributed by atoms with E-state index in [1.54, 1.807) is 13.0 Å². The number of hydrogen-bond donors (Lipinski definition) is 2. The highest BCUT2D eigenvalue weighted by Crippen LogP contribution is 2.31. The number of halogens is 1. The molecule has 0 saturated heterocycles. The van der Waals surface area contributed by atoms with Crippen LogP contribution < -0.4 is 4.72 Å². The molecule has 2 rings (SSSR count). The van der Waals surface area contributed by atoms with Crippen molar-refractivity contribution in [1.29, 1.82) is 0 Å². The number of rotatable bonds is 5. The van der Waals surface area contributed by atoms with Gasteiger partial charge in [0.15, 0.2) is 0 Å². The molecule has 0 heterocycles. The molecule has 0 spiro atoms. The van der Waals surface area contributed by atoms with Crippen molar-refractivity contribution in [2.24, 2.45) is 0 Å². The van der Waals surface area contributed by atoms with Crippen LogP contribution in [0.15, 0.2) is 42.5 Å². The van der Waals surface area contributed by atoms with Crippen LogP contribution in [0.5, 0.6) is 5.75 Å². The zero-order valence-corrected chi connectivity index (χ0v) is 13.1. The summed E-state index contributed by atoms with van der Waals surface area (Å²) in [4.78, 5) is 0. The first-order valence-electron chi connectivity index (χ1n) is 6.41. The van der Waals surface area contributed by atoms with Gasteiger partial charge in [-0.15, -0.1) is 0 Å². The first kappa shape index (κ1) is 15.7. The Bertz CT molecular complexity index is 730. The average Bonchev–Trinajstić information content (AvgIpc) is 2.43. The molecule has 112 valence electrons. The Hall–Kier alpha value is -1.72. The van der Waals surface area contributed by atoms with E-state index in [2.05, 4.69) is 4.72 Å². The molecular weight excluding hydrogens is 310 g/mol. The summed E-state index contributed by atoms with van der Waals surface area (Å²) in [6.45, 7) is 1.66. The van der Waals surface area contributed by atoms with Crippen LogP contribution in [0.4, 0.5) is 5.69 Å². The number of phenols is 1. The second kappa shape index (κ2) is 6.37. The number of phenolic OH excluding ortho intramolecular Hbond substituents is 1. The summed E-state index contributed by atoms with van der Waals surface area (Å²) >= 11 is 5.88. The van der Waals surface area contributed by atoms with Crippen molar-refractivity contribution in [2.75, 3.05) is 10.5 Å².